The summed E-state index contributed by atoms with van der Waals surface area (Å²) in [7, 11) is 1.65. The van der Waals surface area contributed by atoms with E-state index in [1.54, 1.807) is 20.2 Å². The summed E-state index contributed by atoms with van der Waals surface area (Å²) < 4.78 is 34.2. The quantitative estimate of drug-likeness (QED) is 0.494. The normalized spacial score (nSPS) is 14.7. The van der Waals surface area contributed by atoms with Gasteiger partial charge in [-0.15, -0.1) is 10.2 Å². The van der Waals surface area contributed by atoms with Crippen molar-refractivity contribution in [1.29, 1.82) is 0 Å². The number of aromatic nitrogens is 3. The van der Waals surface area contributed by atoms with Crippen molar-refractivity contribution in [3.63, 3.8) is 0 Å². The van der Waals surface area contributed by atoms with Crippen molar-refractivity contribution in [3.05, 3.63) is 65.4 Å². The van der Waals surface area contributed by atoms with Gasteiger partial charge in [-0.1, -0.05) is 17.8 Å². The van der Waals surface area contributed by atoms with Gasteiger partial charge in [-0.05, 0) is 49.6 Å². The second-order valence-corrected chi connectivity index (χ2v) is 8.37. The number of benzene rings is 1. The molecule has 2 heterocycles. The minimum Gasteiger partial charge on any atom is -0.467 e. The van der Waals surface area contributed by atoms with E-state index in [2.05, 4.69) is 10.2 Å². The zero-order valence-corrected chi connectivity index (χ0v) is 17.5. The van der Waals surface area contributed by atoms with Gasteiger partial charge in [0.2, 0.25) is 5.91 Å². The highest BCUT2D eigenvalue weighted by atomic mass is 32.2. The molecule has 1 saturated carbocycles. The van der Waals surface area contributed by atoms with Crippen LogP contribution in [0.15, 0.2) is 46.2 Å². The average molecular weight is 432 g/mol. The molecule has 6 nitrogen and oxygen atoms in total. The lowest BCUT2D eigenvalue weighted by atomic mass is 10.1. The van der Waals surface area contributed by atoms with Crippen LogP contribution in [0.25, 0.3) is 0 Å². The molecule has 0 radical (unpaired) electrons. The molecule has 4 rings (SSSR count). The summed E-state index contributed by atoms with van der Waals surface area (Å²) in [6, 6.07) is 7.02. The van der Waals surface area contributed by atoms with E-state index in [0.717, 1.165) is 36.6 Å². The minimum atomic E-state index is -0.923. The maximum Gasteiger partial charge on any atom is 0.233 e. The fourth-order valence-corrected chi connectivity index (χ4v) is 4.07. The second kappa shape index (κ2) is 8.59. The van der Waals surface area contributed by atoms with E-state index in [4.69, 9.17) is 4.42 Å². The third-order valence-electron chi connectivity index (χ3n) is 5.31. The van der Waals surface area contributed by atoms with Crippen molar-refractivity contribution in [2.24, 2.45) is 0 Å². The predicted molar refractivity (Wildman–Crippen MR) is 108 cm³/mol. The van der Waals surface area contributed by atoms with Crippen LogP contribution in [0.1, 0.15) is 48.9 Å². The molecule has 1 amide bonds. The molecular formula is C21H22F2N4O2S. The van der Waals surface area contributed by atoms with Crippen molar-refractivity contribution in [3.8, 4) is 0 Å². The molecule has 1 fully saturated rings. The van der Waals surface area contributed by atoms with Crippen LogP contribution >= 0.6 is 11.8 Å². The number of rotatable bonds is 8. The lowest BCUT2D eigenvalue weighted by molar-refractivity contribution is -0.128. The SMILES string of the molecule is CC(c1ccc(F)c(F)c1)N(C)C(=O)CSc1nnc(C2CC2)n1Cc1ccco1. The van der Waals surface area contributed by atoms with Gasteiger partial charge in [0, 0.05) is 13.0 Å². The Kier molecular flexibility index (Phi) is 5.90. The molecule has 0 bridgehead atoms. The number of furan rings is 1. The Labute approximate surface area is 177 Å². The third kappa shape index (κ3) is 4.40. The van der Waals surface area contributed by atoms with E-state index < -0.39 is 17.7 Å². The van der Waals surface area contributed by atoms with E-state index in [1.165, 1.54) is 22.7 Å². The maximum absolute atomic E-state index is 13.5. The molecule has 0 aliphatic heterocycles. The van der Waals surface area contributed by atoms with Gasteiger partial charge in [0.25, 0.3) is 0 Å². The average Bonchev–Trinajstić information content (AvgIpc) is 3.30. The third-order valence-corrected chi connectivity index (χ3v) is 6.26. The van der Waals surface area contributed by atoms with Crippen LogP contribution < -0.4 is 0 Å². The van der Waals surface area contributed by atoms with Gasteiger partial charge in [-0.3, -0.25) is 9.36 Å². The lowest BCUT2D eigenvalue weighted by Gasteiger charge is -2.25. The number of amides is 1. The second-order valence-electron chi connectivity index (χ2n) is 7.42. The number of hydrogen-bond donors (Lipinski definition) is 0. The van der Waals surface area contributed by atoms with Crippen LogP contribution in [-0.2, 0) is 11.3 Å². The van der Waals surface area contributed by atoms with Crippen molar-refractivity contribution >= 4 is 17.7 Å². The van der Waals surface area contributed by atoms with Gasteiger partial charge in [-0.25, -0.2) is 8.78 Å². The zero-order valence-electron chi connectivity index (χ0n) is 16.7. The highest BCUT2D eigenvalue weighted by Crippen LogP contribution is 2.40. The van der Waals surface area contributed by atoms with Gasteiger partial charge in [0.15, 0.2) is 16.8 Å². The summed E-state index contributed by atoms with van der Waals surface area (Å²) in [5.41, 5.74) is 0.534. The monoisotopic (exact) mass is 432 g/mol. The summed E-state index contributed by atoms with van der Waals surface area (Å²) >= 11 is 1.31. The Morgan fingerprint density at radius 3 is 2.77 bits per heavy atom. The van der Waals surface area contributed by atoms with Crippen LogP contribution in [0.2, 0.25) is 0 Å². The van der Waals surface area contributed by atoms with Gasteiger partial charge in [0.05, 0.1) is 24.6 Å². The number of hydrogen-bond acceptors (Lipinski definition) is 5. The molecule has 1 aromatic carbocycles. The fourth-order valence-electron chi connectivity index (χ4n) is 3.20. The van der Waals surface area contributed by atoms with Crippen molar-refractivity contribution < 1.29 is 18.0 Å². The van der Waals surface area contributed by atoms with Crippen molar-refractivity contribution in [2.45, 2.75) is 43.4 Å². The van der Waals surface area contributed by atoms with E-state index in [-0.39, 0.29) is 11.7 Å². The maximum atomic E-state index is 13.5. The largest absolute Gasteiger partial charge is 0.467 e. The number of thioether (sulfide) groups is 1. The minimum absolute atomic E-state index is 0.141. The van der Waals surface area contributed by atoms with E-state index in [1.807, 2.05) is 16.7 Å². The molecule has 0 N–H and O–H groups in total. The Morgan fingerprint density at radius 2 is 2.10 bits per heavy atom. The molecule has 1 aliphatic carbocycles. The first-order valence-electron chi connectivity index (χ1n) is 9.73. The summed E-state index contributed by atoms with van der Waals surface area (Å²) in [6.45, 7) is 2.29. The van der Waals surface area contributed by atoms with Gasteiger partial charge < -0.3 is 9.32 Å². The number of nitrogens with zero attached hydrogens (tertiary/aromatic N) is 4. The molecule has 2 aromatic heterocycles. The number of carbonyl (C=O) groups is 1. The first kappa shape index (κ1) is 20.6. The number of halogens is 2. The summed E-state index contributed by atoms with van der Waals surface area (Å²) in [5.74, 6) is 0.321. The highest BCUT2D eigenvalue weighted by molar-refractivity contribution is 7.99. The van der Waals surface area contributed by atoms with Crippen LogP contribution in [-0.4, -0.2) is 38.4 Å². The summed E-state index contributed by atoms with van der Waals surface area (Å²) in [5, 5.41) is 9.28. The molecule has 0 spiro atoms. The topological polar surface area (TPSA) is 64.2 Å². The fraction of sp³-hybridized carbons (Fsp3) is 0.381. The van der Waals surface area contributed by atoms with Crippen LogP contribution in [0, 0.1) is 11.6 Å². The van der Waals surface area contributed by atoms with E-state index in [0.29, 0.717) is 23.2 Å². The Bertz CT molecular complexity index is 1030. The molecular weight excluding hydrogens is 410 g/mol. The first-order chi connectivity index (χ1) is 14.4. The highest BCUT2D eigenvalue weighted by Gasteiger charge is 2.31. The van der Waals surface area contributed by atoms with Crippen LogP contribution in [0.5, 0.6) is 0 Å². The van der Waals surface area contributed by atoms with E-state index in [9.17, 15) is 13.6 Å². The molecule has 30 heavy (non-hydrogen) atoms. The molecule has 158 valence electrons. The molecule has 1 aliphatic rings. The van der Waals surface area contributed by atoms with Crippen LogP contribution in [0.3, 0.4) is 0 Å². The zero-order chi connectivity index (χ0) is 21.3. The Morgan fingerprint density at radius 1 is 1.30 bits per heavy atom. The molecule has 0 saturated heterocycles. The standard InChI is InChI=1S/C21H22F2N4O2S/c1-13(15-7-8-17(22)18(23)10-15)26(2)19(28)12-30-21-25-24-20(14-5-6-14)27(21)11-16-4-3-9-29-16/h3-4,7-10,13-14H,5-6,11-12H2,1-2H3. The molecule has 9 heteroatoms. The number of carbonyl (C=O) groups excluding carboxylic acids is 1. The lowest BCUT2D eigenvalue weighted by Crippen LogP contribution is -2.31. The van der Waals surface area contributed by atoms with Crippen LogP contribution in [0.4, 0.5) is 8.78 Å². The van der Waals surface area contributed by atoms with Crippen molar-refractivity contribution in [2.75, 3.05) is 12.8 Å². The summed E-state index contributed by atoms with van der Waals surface area (Å²) in [6.07, 6.45) is 3.81. The Hall–Kier alpha value is -2.68. The van der Waals surface area contributed by atoms with Crippen molar-refractivity contribution in [1.82, 2.24) is 19.7 Å². The van der Waals surface area contributed by atoms with Gasteiger partial charge in [-0.2, -0.15) is 0 Å². The molecule has 3 aromatic rings. The Balaban J connectivity index is 1.43. The van der Waals surface area contributed by atoms with Gasteiger partial charge >= 0.3 is 0 Å². The predicted octanol–water partition coefficient (Wildman–Crippen LogP) is 4.39. The first-order valence-corrected chi connectivity index (χ1v) is 10.7. The van der Waals surface area contributed by atoms with E-state index >= 15 is 0 Å². The molecule has 1 atom stereocenters. The smallest absolute Gasteiger partial charge is 0.233 e. The molecule has 1 unspecified atom stereocenters. The van der Waals surface area contributed by atoms with Gasteiger partial charge in [0.1, 0.15) is 11.6 Å². The summed E-state index contributed by atoms with van der Waals surface area (Å²) in [4.78, 5) is 14.2.